The predicted octanol–water partition coefficient (Wildman–Crippen LogP) is 4.84. The summed E-state index contributed by atoms with van der Waals surface area (Å²) in [5.74, 6) is -0.527. The summed E-state index contributed by atoms with van der Waals surface area (Å²) in [7, 11) is -7.71. The number of para-hydroxylation sites is 2. The van der Waals surface area contributed by atoms with Gasteiger partial charge < -0.3 is 10.1 Å². The van der Waals surface area contributed by atoms with Crippen molar-refractivity contribution in [2.45, 2.75) is 30.6 Å². The minimum Gasteiger partial charge on any atom is -0.476 e. The van der Waals surface area contributed by atoms with Gasteiger partial charge in [-0.05, 0) is 73.0 Å². The lowest BCUT2D eigenvalue weighted by molar-refractivity contribution is -0.122. The molecule has 1 amide bonds. The molecule has 0 aromatic heterocycles. The van der Waals surface area contributed by atoms with E-state index in [0.29, 0.717) is 22.6 Å². The molecule has 1 atom stereocenters. The number of sulfonamides is 2. The first-order valence-corrected chi connectivity index (χ1v) is 15.9. The molecule has 11 heteroatoms. The summed E-state index contributed by atoms with van der Waals surface area (Å²) in [6.45, 7) is 3.47. The minimum atomic E-state index is -3.86. The number of anilines is 3. The molecule has 5 rings (SSSR count). The lowest BCUT2D eigenvalue weighted by Gasteiger charge is -2.34. The van der Waals surface area contributed by atoms with Crippen LogP contribution in [-0.2, 0) is 30.6 Å². The number of carbonyl (C=O) groups excluding carboxylic acids is 1. The monoisotopic (exact) mass is 591 g/mol. The maximum atomic E-state index is 13.4. The summed E-state index contributed by atoms with van der Waals surface area (Å²) in [5, 5.41) is 2.71. The number of benzene rings is 4. The summed E-state index contributed by atoms with van der Waals surface area (Å²) in [4.78, 5) is 13.2. The van der Waals surface area contributed by atoms with Crippen molar-refractivity contribution in [3.8, 4) is 5.75 Å². The number of fused-ring (bicyclic) bond motifs is 1. The Hall–Kier alpha value is -4.35. The molecule has 0 bridgehead atoms. The fourth-order valence-corrected chi connectivity index (χ4v) is 7.16. The number of amides is 1. The minimum absolute atomic E-state index is 0.0254. The SMILES string of the molecule is Cc1ccc(C)c(NS(=O)(=O)c2ccc(NC(=O)[C@H]3CN(S(=O)(=O)Cc4ccccc4)c4ccccc4O3)cc2)c1. The topological polar surface area (TPSA) is 122 Å². The second-order valence-electron chi connectivity index (χ2n) is 9.78. The van der Waals surface area contributed by atoms with E-state index < -0.39 is 32.1 Å². The van der Waals surface area contributed by atoms with Crippen molar-refractivity contribution < 1.29 is 26.4 Å². The molecule has 1 aliphatic heterocycles. The van der Waals surface area contributed by atoms with Gasteiger partial charge in [0, 0.05) is 5.69 Å². The normalized spacial score (nSPS) is 15.0. The van der Waals surface area contributed by atoms with Gasteiger partial charge in [0.1, 0.15) is 5.75 Å². The zero-order valence-electron chi connectivity index (χ0n) is 22.4. The Morgan fingerprint density at radius 3 is 2.29 bits per heavy atom. The van der Waals surface area contributed by atoms with Crippen LogP contribution in [0.3, 0.4) is 0 Å². The summed E-state index contributed by atoms with van der Waals surface area (Å²) < 4.78 is 62.4. The van der Waals surface area contributed by atoms with Crippen LogP contribution < -0.4 is 19.1 Å². The average molecular weight is 592 g/mol. The molecule has 1 heterocycles. The third-order valence-electron chi connectivity index (χ3n) is 6.62. The number of nitrogens with zero attached hydrogens (tertiary/aromatic N) is 1. The Labute approximate surface area is 239 Å². The van der Waals surface area contributed by atoms with Crippen LogP contribution in [0.2, 0.25) is 0 Å². The summed E-state index contributed by atoms with van der Waals surface area (Å²) in [5.41, 5.74) is 3.52. The first-order valence-electron chi connectivity index (χ1n) is 12.8. The van der Waals surface area contributed by atoms with Gasteiger partial charge >= 0.3 is 0 Å². The van der Waals surface area contributed by atoms with Crippen molar-refractivity contribution in [3.05, 3.63) is 114 Å². The molecule has 41 heavy (non-hydrogen) atoms. The van der Waals surface area contributed by atoms with Crippen LogP contribution in [0.5, 0.6) is 5.75 Å². The first-order chi connectivity index (χ1) is 19.5. The van der Waals surface area contributed by atoms with Gasteiger partial charge in [0.05, 0.1) is 28.6 Å². The molecule has 4 aromatic carbocycles. The molecular weight excluding hydrogens is 562 g/mol. The third kappa shape index (κ3) is 6.36. The van der Waals surface area contributed by atoms with Crippen LogP contribution in [0, 0.1) is 13.8 Å². The predicted molar refractivity (Wildman–Crippen MR) is 159 cm³/mol. The van der Waals surface area contributed by atoms with Gasteiger partial charge in [-0.2, -0.15) is 0 Å². The molecule has 0 spiro atoms. The number of hydrogen-bond donors (Lipinski definition) is 2. The van der Waals surface area contributed by atoms with Gasteiger partial charge in [-0.15, -0.1) is 0 Å². The van der Waals surface area contributed by atoms with E-state index in [2.05, 4.69) is 10.0 Å². The highest BCUT2D eigenvalue weighted by atomic mass is 32.2. The molecule has 0 unspecified atom stereocenters. The molecule has 212 valence electrons. The van der Waals surface area contributed by atoms with Gasteiger partial charge in [-0.25, -0.2) is 16.8 Å². The summed E-state index contributed by atoms with van der Waals surface area (Å²) in [6, 6.07) is 26.7. The fourth-order valence-electron chi connectivity index (χ4n) is 4.45. The highest BCUT2D eigenvalue weighted by Gasteiger charge is 2.36. The van der Waals surface area contributed by atoms with Crippen molar-refractivity contribution in [1.82, 2.24) is 0 Å². The van der Waals surface area contributed by atoms with Gasteiger partial charge in [0.15, 0.2) is 6.10 Å². The van der Waals surface area contributed by atoms with E-state index in [-0.39, 0.29) is 22.9 Å². The number of rotatable bonds is 8. The second kappa shape index (κ2) is 11.3. The molecule has 0 radical (unpaired) electrons. The van der Waals surface area contributed by atoms with E-state index in [1.54, 1.807) is 54.6 Å². The number of nitrogens with one attached hydrogen (secondary N) is 2. The highest BCUT2D eigenvalue weighted by Crippen LogP contribution is 2.36. The molecule has 0 fully saturated rings. The second-order valence-corrected chi connectivity index (χ2v) is 13.4. The molecule has 1 aliphatic rings. The molecular formula is C30H29N3O6S2. The van der Waals surface area contributed by atoms with Crippen molar-refractivity contribution in [2.75, 3.05) is 20.9 Å². The molecule has 9 nitrogen and oxygen atoms in total. The maximum Gasteiger partial charge on any atom is 0.267 e. The van der Waals surface area contributed by atoms with Crippen LogP contribution in [0.25, 0.3) is 0 Å². The Morgan fingerprint density at radius 2 is 1.56 bits per heavy atom. The number of carbonyl (C=O) groups is 1. The molecule has 0 saturated carbocycles. The molecule has 4 aromatic rings. The Kier molecular flexibility index (Phi) is 7.74. The van der Waals surface area contributed by atoms with Crippen LogP contribution in [-0.4, -0.2) is 35.4 Å². The zero-order valence-corrected chi connectivity index (χ0v) is 24.1. The van der Waals surface area contributed by atoms with Crippen LogP contribution in [0.4, 0.5) is 17.1 Å². The highest BCUT2D eigenvalue weighted by molar-refractivity contribution is 7.92. The van der Waals surface area contributed by atoms with Gasteiger partial charge in [-0.3, -0.25) is 13.8 Å². The third-order valence-corrected chi connectivity index (χ3v) is 9.72. The Bertz CT molecular complexity index is 1790. The number of ether oxygens (including phenoxy) is 1. The lowest BCUT2D eigenvalue weighted by Crippen LogP contribution is -2.49. The van der Waals surface area contributed by atoms with Crippen molar-refractivity contribution >= 4 is 43.0 Å². The van der Waals surface area contributed by atoms with Crippen molar-refractivity contribution in [2.24, 2.45) is 0 Å². The fraction of sp³-hybridized carbons (Fsp3) is 0.167. The average Bonchev–Trinajstić information content (AvgIpc) is 2.95. The van der Waals surface area contributed by atoms with Gasteiger partial charge in [-0.1, -0.05) is 54.6 Å². The number of hydrogen-bond acceptors (Lipinski definition) is 6. The zero-order chi connectivity index (χ0) is 29.2. The van der Waals surface area contributed by atoms with Crippen LogP contribution in [0.1, 0.15) is 16.7 Å². The van der Waals surface area contributed by atoms with E-state index in [9.17, 15) is 21.6 Å². The summed E-state index contributed by atoms with van der Waals surface area (Å²) >= 11 is 0. The van der Waals surface area contributed by atoms with E-state index >= 15 is 0 Å². The van der Waals surface area contributed by atoms with E-state index in [4.69, 9.17) is 4.74 Å². The maximum absolute atomic E-state index is 13.4. The van der Waals surface area contributed by atoms with E-state index in [1.807, 2.05) is 32.0 Å². The number of aryl methyl sites for hydroxylation is 2. The van der Waals surface area contributed by atoms with Crippen LogP contribution >= 0.6 is 0 Å². The quantitative estimate of drug-likeness (QED) is 0.302. The lowest BCUT2D eigenvalue weighted by atomic mass is 10.1. The Balaban J connectivity index is 1.32. The standard InChI is InChI=1S/C30H29N3O6S2/c1-21-12-13-22(2)26(18-21)32-41(37,38)25-16-14-24(15-17-25)31-30(34)29-19-33(27-10-6-7-11-28(27)39-29)40(35,36)20-23-8-4-3-5-9-23/h3-18,29,32H,19-20H2,1-2H3,(H,31,34)/t29-/m1/s1. The van der Waals surface area contributed by atoms with Crippen molar-refractivity contribution in [1.29, 1.82) is 0 Å². The first kappa shape index (κ1) is 28.2. The smallest absolute Gasteiger partial charge is 0.267 e. The van der Waals surface area contributed by atoms with E-state index in [1.165, 1.54) is 28.6 Å². The van der Waals surface area contributed by atoms with Gasteiger partial charge in [0.25, 0.3) is 15.9 Å². The largest absolute Gasteiger partial charge is 0.476 e. The van der Waals surface area contributed by atoms with Crippen molar-refractivity contribution in [3.63, 3.8) is 0 Å². The van der Waals surface area contributed by atoms with Gasteiger partial charge in [0.2, 0.25) is 10.0 Å². The van der Waals surface area contributed by atoms with Crippen LogP contribution in [0.15, 0.2) is 102 Å². The Morgan fingerprint density at radius 1 is 0.878 bits per heavy atom. The molecule has 2 N–H and O–H groups in total. The van der Waals surface area contributed by atoms with E-state index in [0.717, 1.165) is 11.1 Å². The molecule has 0 saturated heterocycles. The molecule has 0 aliphatic carbocycles. The summed E-state index contributed by atoms with van der Waals surface area (Å²) in [6.07, 6.45) is -1.13.